The van der Waals surface area contributed by atoms with Crippen LogP contribution in [0.5, 0.6) is 0 Å². The Morgan fingerprint density at radius 2 is 2.05 bits per heavy atom. The molecule has 1 amide bonds. The van der Waals surface area contributed by atoms with Gasteiger partial charge in [-0.1, -0.05) is 11.6 Å². The van der Waals surface area contributed by atoms with Crippen molar-refractivity contribution in [1.82, 2.24) is 4.90 Å². The Morgan fingerprint density at radius 1 is 1.42 bits per heavy atom. The molecule has 1 saturated heterocycles. The fourth-order valence-electron chi connectivity index (χ4n) is 1.76. The van der Waals surface area contributed by atoms with Gasteiger partial charge in [-0.05, 0) is 6.07 Å². The van der Waals surface area contributed by atoms with Crippen LogP contribution in [0.4, 0.5) is 5.69 Å². The average Bonchev–Trinajstić information content (AvgIpc) is 2.25. The summed E-state index contributed by atoms with van der Waals surface area (Å²) in [7, 11) is 0. The van der Waals surface area contributed by atoms with Gasteiger partial charge in [-0.3, -0.25) is 19.7 Å². The first-order valence-electron chi connectivity index (χ1n) is 5.36. The third-order valence-corrected chi connectivity index (χ3v) is 3.22. The Labute approximate surface area is 112 Å². The minimum absolute atomic E-state index is 0.0158. The van der Waals surface area contributed by atoms with Gasteiger partial charge in [0.15, 0.2) is 0 Å². The van der Waals surface area contributed by atoms with Crippen LogP contribution in [0.3, 0.4) is 0 Å². The van der Waals surface area contributed by atoms with Gasteiger partial charge >= 0.3 is 5.97 Å². The molecule has 0 bridgehead atoms. The van der Waals surface area contributed by atoms with Gasteiger partial charge in [0.05, 0.1) is 21.4 Å². The van der Waals surface area contributed by atoms with Crippen molar-refractivity contribution in [2.24, 2.45) is 5.92 Å². The van der Waals surface area contributed by atoms with Crippen molar-refractivity contribution in [2.45, 2.75) is 0 Å². The van der Waals surface area contributed by atoms with Crippen molar-refractivity contribution < 1.29 is 19.6 Å². The minimum atomic E-state index is -0.946. The highest BCUT2D eigenvalue weighted by atomic mass is 35.5. The summed E-state index contributed by atoms with van der Waals surface area (Å²) in [4.78, 5) is 33.9. The Morgan fingerprint density at radius 3 is 2.53 bits per heavy atom. The lowest BCUT2D eigenvalue weighted by atomic mass is 9.99. The van der Waals surface area contributed by atoms with Gasteiger partial charge in [0.2, 0.25) is 0 Å². The lowest BCUT2D eigenvalue weighted by Crippen LogP contribution is -2.53. The van der Waals surface area contributed by atoms with Crippen molar-refractivity contribution in [3.05, 3.63) is 38.9 Å². The number of amides is 1. The molecule has 0 atom stereocenters. The zero-order valence-electron chi connectivity index (χ0n) is 9.58. The Bertz CT molecular complexity index is 568. The summed E-state index contributed by atoms with van der Waals surface area (Å²) in [6.07, 6.45) is 0. The maximum atomic E-state index is 12.0. The molecular formula is C11H9ClN2O5. The zero-order valence-corrected chi connectivity index (χ0v) is 10.3. The SMILES string of the molecule is O=C(O)C1CN(C(=O)c2ccc([N+](=O)[O-])cc2Cl)C1. The summed E-state index contributed by atoms with van der Waals surface area (Å²) in [5, 5.41) is 19.2. The van der Waals surface area contributed by atoms with Crippen LogP contribution in [0.2, 0.25) is 5.02 Å². The van der Waals surface area contributed by atoms with Gasteiger partial charge in [-0.2, -0.15) is 0 Å². The summed E-state index contributed by atoms with van der Waals surface area (Å²) < 4.78 is 0. The third-order valence-electron chi connectivity index (χ3n) is 2.91. The molecule has 1 heterocycles. The second-order valence-electron chi connectivity index (χ2n) is 4.17. The summed E-state index contributed by atoms with van der Waals surface area (Å²) in [5.74, 6) is -1.92. The van der Waals surface area contributed by atoms with Gasteiger partial charge in [0, 0.05) is 25.2 Å². The monoisotopic (exact) mass is 284 g/mol. The molecule has 1 aromatic carbocycles. The lowest BCUT2D eigenvalue weighted by molar-refractivity contribution is -0.384. The highest BCUT2D eigenvalue weighted by molar-refractivity contribution is 6.34. The number of aliphatic carboxylic acids is 1. The number of rotatable bonds is 3. The van der Waals surface area contributed by atoms with Gasteiger partial charge in [0.25, 0.3) is 11.6 Å². The van der Waals surface area contributed by atoms with Gasteiger partial charge < -0.3 is 10.0 Å². The van der Waals surface area contributed by atoms with Crippen LogP contribution in [0.25, 0.3) is 0 Å². The second-order valence-corrected chi connectivity index (χ2v) is 4.57. The second kappa shape index (κ2) is 4.85. The van der Waals surface area contributed by atoms with E-state index in [0.717, 1.165) is 6.07 Å². The van der Waals surface area contributed by atoms with Crippen molar-refractivity contribution in [3.63, 3.8) is 0 Å². The molecule has 0 saturated carbocycles. The number of carboxylic acid groups (broad SMARTS) is 1. The van der Waals surface area contributed by atoms with Crippen molar-refractivity contribution >= 4 is 29.2 Å². The van der Waals surface area contributed by atoms with E-state index in [4.69, 9.17) is 16.7 Å². The molecule has 1 aromatic rings. The Kier molecular flexibility index (Phi) is 3.39. The number of carbonyl (C=O) groups is 2. The topological polar surface area (TPSA) is 101 Å². The number of halogens is 1. The van der Waals surface area contributed by atoms with E-state index in [2.05, 4.69) is 0 Å². The number of benzene rings is 1. The standard InChI is InChI=1S/C11H9ClN2O5/c12-9-3-7(14(18)19)1-2-8(9)10(15)13-4-6(5-13)11(16)17/h1-3,6H,4-5H2,(H,16,17). The van der Waals surface area contributed by atoms with E-state index >= 15 is 0 Å². The fourth-order valence-corrected chi connectivity index (χ4v) is 2.02. The number of hydrogen-bond acceptors (Lipinski definition) is 4. The number of carboxylic acids is 1. The summed E-state index contributed by atoms with van der Waals surface area (Å²) in [5.41, 5.74) is -0.0651. The predicted octanol–water partition coefficient (Wildman–Crippen LogP) is 1.40. The maximum absolute atomic E-state index is 12.0. The first-order chi connectivity index (χ1) is 8.90. The van der Waals surface area contributed by atoms with Crippen LogP contribution >= 0.6 is 11.6 Å². The number of nitro benzene ring substituents is 1. The highest BCUT2D eigenvalue weighted by Gasteiger charge is 2.36. The number of non-ortho nitro benzene ring substituents is 1. The molecule has 7 nitrogen and oxygen atoms in total. The van der Waals surface area contributed by atoms with Crippen LogP contribution < -0.4 is 0 Å². The lowest BCUT2D eigenvalue weighted by Gasteiger charge is -2.36. The average molecular weight is 285 g/mol. The largest absolute Gasteiger partial charge is 0.481 e. The molecular weight excluding hydrogens is 276 g/mol. The number of likely N-dealkylation sites (tertiary alicyclic amines) is 1. The first-order valence-corrected chi connectivity index (χ1v) is 5.74. The van der Waals surface area contributed by atoms with E-state index in [0.29, 0.717) is 0 Å². The normalized spacial score (nSPS) is 14.9. The van der Waals surface area contributed by atoms with Crippen molar-refractivity contribution in [1.29, 1.82) is 0 Å². The molecule has 0 aliphatic carbocycles. The van der Waals surface area contributed by atoms with Crippen molar-refractivity contribution in [2.75, 3.05) is 13.1 Å². The summed E-state index contributed by atoms with van der Waals surface area (Å²) in [6.45, 7) is 0.253. The first kappa shape index (κ1) is 13.3. The quantitative estimate of drug-likeness (QED) is 0.668. The molecule has 1 fully saturated rings. The molecule has 8 heteroatoms. The van der Waals surface area contributed by atoms with Gasteiger partial charge in [-0.25, -0.2) is 0 Å². The van der Waals surface area contributed by atoms with E-state index in [1.54, 1.807) is 0 Å². The van der Waals surface area contributed by atoms with Crippen LogP contribution in [0, 0.1) is 16.0 Å². The van der Waals surface area contributed by atoms with Gasteiger partial charge in [-0.15, -0.1) is 0 Å². The van der Waals surface area contributed by atoms with Crippen LogP contribution in [0.15, 0.2) is 18.2 Å². The number of nitrogens with zero attached hydrogens (tertiary/aromatic N) is 2. The van der Waals surface area contributed by atoms with E-state index in [-0.39, 0.29) is 29.4 Å². The molecule has 1 N–H and O–H groups in total. The number of nitro groups is 1. The van der Waals surface area contributed by atoms with Crippen LogP contribution in [-0.4, -0.2) is 39.9 Å². The molecule has 1 aliphatic heterocycles. The molecule has 100 valence electrons. The summed E-state index contributed by atoms with van der Waals surface area (Å²) in [6, 6.07) is 3.56. The molecule has 19 heavy (non-hydrogen) atoms. The molecule has 1 aliphatic rings. The smallest absolute Gasteiger partial charge is 0.310 e. The highest BCUT2D eigenvalue weighted by Crippen LogP contribution is 2.26. The zero-order chi connectivity index (χ0) is 14.2. The van der Waals surface area contributed by atoms with E-state index in [1.807, 2.05) is 0 Å². The van der Waals surface area contributed by atoms with Crippen LogP contribution in [-0.2, 0) is 4.79 Å². The minimum Gasteiger partial charge on any atom is -0.481 e. The Hall–Kier alpha value is -2.15. The molecule has 0 aromatic heterocycles. The predicted molar refractivity (Wildman–Crippen MR) is 65.1 cm³/mol. The summed E-state index contributed by atoms with van der Waals surface area (Å²) >= 11 is 5.82. The van der Waals surface area contributed by atoms with E-state index < -0.39 is 22.7 Å². The third kappa shape index (κ3) is 2.50. The van der Waals surface area contributed by atoms with E-state index in [9.17, 15) is 19.7 Å². The number of hydrogen-bond donors (Lipinski definition) is 1. The van der Waals surface area contributed by atoms with Crippen LogP contribution in [0.1, 0.15) is 10.4 Å². The molecule has 2 rings (SSSR count). The Balaban J connectivity index is 2.13. The molecule has 0 radical (unpaired) electrons. The maximum Gasteiger partial charge on any atom is 0.310 e. The van der Waals surface area contributed by atoms with Gasteiger partial charge in [0.1, 0.15) is 0 Å². The van der Waals surface area contributed by atoms with Crippen molar-refractivity contribution in [3.8, 4) is 0 Å². The molecule has 0 unspecified atom stereocenters. The fraction of sp³-hybridized carbons (Fsp3) is 0.273. The molecule has 0 spiro atoms. The van der Waals surface area contributed by atoms with E-state index in [1.165, 1.54) is 17.0 Å². The number of carbonyl (C=O) groups excluding carboxylic acids is 1.